The van der Waals surface area contributed by atoms with E-state index in [0.29, 0.717) is 0 Å². The Morgan fingerprint density at radius 1 is 1.47 bits per heavy atom. The number of hydrogen-bond donors (Lipinski definition) is 3. The normalized spacial score (nSPS) is 14.8. The second kappa shape index (κ2) is 5.45. The first-order valence-electron chi connectivity index (χ1n) is 4.99. The van der Waals surface area contributed by atoms with E-state index in [1.54, 1.807) is 6.92 Å². The summed E-state index contributed by atoms with van der Waals surface area (Å²) < 4.78 is 13.0. The van der Waals surface area contributed by atoms with Crippen molar-refractivity contribution in [3.05, 3.63) is 41.7 Å². The molecule has 4 nitrogen and oxygen atoms in total. The van der Waals surface area contributed by atoms with Gasteiger partial charge in [-0.1, -0.05) is 19.1 Å². The Bertz CT molecular complexity index is 442. The molecule has 0 saturated heterocycles. The average molecular weight is 240 g/mol. The van der Waals surface area contributed by atoms with E-state index >= 15 is 0 Å². The topological polar surface area (TPSA) is 77.8 Å². The zero-order chi connectivity index (χ0) is 13.0. The number of carbonyl (C=O) groups is 1. The fourth-order valence-corrected chi connectivity index (χ4v) is 1.35. The van der Waals surface area contributed by atoms with Crippen LogP contribution in [0.4, 0.5) is 4.39 Å². The van der Waals surface area contributed by atoms with Gasteiger partial charge in [0.05, 0.1) is 6.10 Å². The molecular formula is C12H13FO4. The largest absolute Gasteiger partial charge is 0.505 e. The van der Waals surface area contributed by atoms with Crippen LogP contribution in [0.2, 0.25) is 0 Å². The van der Waals surface area contributed by atoms with Crippen molar-refractivity contribution in [2.24, 2.45) is 5.92 Å². The first-order chi connectivity index (χ1) is 7.91. The van der Waals surface area contributed by atoms with Crippen molar-refractivity contribution in [2.45, 2.75) is 13.0 Å². The maximum atomic E-state index is 13.0. The van der Waals surface area contributed by atoms with Crippen molar-refractivity contribution in [3.8, 4) is 5.75 Å². The maximum absolute atomic E-state index is 13.0. The number of carboxylic acid groups (broad SMARTS) is 1. The van der Waals surface area contributed by atoms with E-state index in [0.717, 1.165) is 18.2 Å². The van der Waals surface area contributed by atoms with Crippen molar-refractivity contribution < 1.29 is 24.5 Å². The van der Waals surface area contributed by atoms with Crippen LogP contribution in [0.3, 0.4) is 0 Å². The summed E-state index contributed by atoms with van der Waals surface area (Å²) >= 11 is 0. The van der Waals surface area contributed by atoms with Gasteiger partial charge >= 0.3 is 5.97 Å². The second-order valence-electron chi connectivity index (χ2n) is 3.71. The molecule has 1 rings (SSSR count). The van der Waals surface area contributed by atoms with Gasteiger partial charge in [-0.3, -0.25) is 0 Å². The highest BCUT2D eigenvalue weighted by molar-refractivity contribution is 5.79. The van der Waals surface area contributed by atoms with Gasteiger partial charge in [0.25, 0.3) is 0 Å². The van der Waals surface area contributed by atoms with Crippen LogP contribution >= 0.6 is 0 Å². The summed E-state index contributed by atoms with van der Waals surface area (Å²) in [5.74, 6) is -2.90. The molecule has 3 N–H and O–H groups in total. The molecule has 0 aliphatic heterocycles. The second-order valence-corrected chi connectivity index (χ2v) is 3.71. The van der Waals surface area contributed by atoms with Crippen LogP contribution in [-0.2, 0) is 4.79 Å². The van der Waals surface area contributed by atoms with Crippen LogP contribution in [-0.4, -0.2) is 21.3 Å². The molecule has 0 spiro atoms. The molecule has 0 heterocycles. The number of aromatic hydroxyl groups is 1. The molecule has 0 aromatic heterocycles. The SMILES string of the molecule is C[C@H](/C=C/C(=O)O)[C@H](O)c1ccc(O)c(F)c1. The van der Waals surface area contributed by atoms with E-state index in [1.807, 2.05) is 0 Å². The minimum Gasteiger partial charge on any atom is -0.505 e. The highest BCUT2D eigenvalue weighted by atomic mass is 19.1. The quantitative estimate of drug-likeness (QED) is 0.702. The molecule has 0 aliphatic carbocycles. The minimum atomic E-state index is -1.11. The molecule has 0 bridgehead atoms. The van der Waals surface area contributed by atoms with E-state index in [4.69, 9.17) is 10.2 Å². The fourth-order valence-electron chi connectivity index (χ4n) is 1.35. The Morgan fingerprint density at radius 3 is 2.65 bits per heavy atom. The third-order valence-electron chi connectivity index (χ3n) is 2.35. The fraction of sp³-hybridized carbons (Fsp3) is 0.250. The summed E-state index contributed by atoms with van der Waals surface area (Å²) in [4.78, 5) is 10.3. The number of benzene rings is 1. The highest BCUT2D eigenvalue weighted by Gasteiger charge is 2.15. The molecule has 0 amide bonds. The van der Waals surface area contributed by atoms with Gasteiger partial charge in [0.15, 0.2) is 11.6 Å². The number of aliphatic hydroxyl groups excluding tert-OH is 1. The number of hydrogen-bond acceptors (Lipinski definition) is 3. The summed E-state index contributed by atoms with van der Waals surface area (Å²) in [5, 5.41) is 27.3. The van der Waals surface area contributed by atoms with E-state index in [1.165, 1.54) is 12.1 Å². The monoisotopic (exact) mass is 240 g/mol. The maximum Gasteiger partial charge on any atom is 0.327 e. The van der Waals surface area contributed by atoms with Crippen LogP contribution in [0.25, 0.3) is 0 Å². The van der Waals surface area contributed by atoms with Gasteiger partial charge in [-0.25, -0.2) is 9.18 Å². The van der Waals surface area contributed by atoms with Gasteiger partial charge < -0.3 is 15.3 Å². The first-order valence-corrected chi connectivity index (χ1v) is 4.99. The number of carboxylic acids is 1. The minimum absolute atomic E-state index is 0.280. The van der Waals surface area contributed by atoms with Crippen LogP contribution in [0, 0.1) is 11.7 Å². The molecule has 0 aliphatic rings. The Balaban J connectivity index is 2.84. The molecule has 92 valence electrons. The van der Waals surface area contributed by atoms with Gasteiger partial charge in [-0.05, 0) is 17.7 Å². The summed E-state index contributed by atoms with van der Waals surface area (Å²) in [6.45, 7) is 1.61. The smallest absolute Gasteiger partial charge is 0.327 e. The number of rotatable bonds is 4. The van der Waals surface area contributed by atoms with Crippen LogP contribution < -0.4 is 0 Å². The predicted molar refractivity (Wildman–Crippen MR) is 59.0 cm³/mol. The van der Waals surface area contributed by atoms with E-state index in [-0.39, 0.29) is 5.56 Å². The molecule has 0 saturated carbocycles. The van der Waals surface area contributed by atoms with Gasteiger partial charge in [-0.2, -0.15) is 0 Å². The summed E-state index contributed by atoms with van der Waals surface area (Å²) in [6.07, 6.45) is 1.21. The lowest BCUT2D eigenvalue weighted by atomic mass is 9.97. The van der Waals surface area contributed by atoms with Crippen molar-refractivity contribution in [1.29, 1.82) is 0 Å². The molecule has 1 aromatic rings. The Morgan fingerprint density at radius 2 is 2.12 bits per heavy atom. The molecule has 0 fully saturated rings. The van der Waals surface area contributed by atoms with Crippen LogP contribution in [0.1, 0.15) is 18.6 Å². The third kappa shape index (κ3) is 3.57. The molecule has 5 heteroatoms. The van der Waals surface area contributed by atoms with E-state index in [9.17, 15) is 14.3 Å². The Labute approximate surface area is 97.6 Å². The highest BCUT2D eigenvalue weighted by Crippen LogP contribution is 2.26. The molecular weight excluding hydrogens is 227 g/mol. The van der Waals surface area contributed by atoms with Crippen LogP contribution in [0.15, 0.2) is 30.4 Å². The molecule has 0 radical (unpaired) electrons. The number of phenolic OH excluding ortho intramolecular Hbond substituents is 1. The first kappa shape index (κ1) is 13.2. The lowest BCUT2D eigenvalue weighted by Gasteiger charge is -2.15. The molecule has 2 atom stereocenters. The third-order valence-corrected chi connectivity index (χ3v) is 2.35. The Hall–Kier alpha value is -1.88. The van der Waals surface area contributed by atoms with Gasteiger partial charge in [0.2, 0.25) is 0 Å². The number of phenols is 1. The number of aliphatic hydroxyl groups is 1. The van der Waals surface area contributed by atoms with Gasteiger partial charge in [-0.15, -0.1) is 0 Å². The van der Waals surface area contributed by atoms with Gasteiger partial charge in [0.1, 0.15) is 0 Å². The summed E-state index contributed by atoms with van der Waals surface area (Å²) in [6, 6.07) is 3.54. The van der Waals surface area contributed by atoms with E-state index in [2.05, 4.69) is 0 Å². The zero-order valence-electron chi connectivity index (χ0n) is 9.17. The number of halogens is 1. The Kier molecular flexibility index (Phi) is 4.23. The van der Waals surface area contributed by atoms with E-state index < -0.39 is 29.6 Å². The van der Waals surface area contributed by atoms with Crippen LogP contribution in [0.5, 0.6) is 5.75 Å². The lowest BCUT2D eigenvalue weighted by molar-refractivity contribution is -0.131. The predicted octanol–water partition coefficient (Wildman–Crippen LogP) is 1.84. The van der Waals surface area contributed by atoms with Crippen molar-refractivity contribution in [3.63, 3.8) is 0 Å². The number of aliphatic carboxylic acids is 1. The average Bonchev–Trinajstić information content (AvgIpc) is 2.28. The molecule has 1 aromatic carbocycles. The van der Waals surface area contributed by atoms with Crippen molar-refractivity contribution in [2.75, 3.05) is 0 Å². The standard InChI is InChI=1S/C12H13FO4/c1-7(2-5-11(15)16)12(17)8-3-4-10(14)9(13)6-8/h2-7,12,14,17H,1H3,(H,15,16)/b5-2+/t7-,12+/m1/s1. The van der Waals surface area contributed by atoms with Crippen molar-refractivity contribution >= 4 is 5.97 Å². The molecule has 0 unspecified atom stereocenters. The zero-order valence-corrected chi connectivity index (χ0v) is 9.17. The lowest BCUT2D eigenvalue weighted by Crippen LogP contribution is -2.07. The summed E-state index contributed by atoms with van der Waals surface area (Å²) in [5.41, 5.74) is 0.280. The van der Waals surface area contributed by atoms with Crippen molar-refractivity contribution in [1.82, 2.24) is 0 Å². The van der Waals surface area contributed by atoms with Gasteiger partial charge in [0, 0.05) is 12.0 Å². The summed E-state index contributed by atoms with van der Waals surface area (Å²) in [7, 11) is 0. The molecule has 17 heavy (non-hydrogen) atoms.